The predicted octanol–water partition coefficient (Wildman–Crippen LogP) is 16.9. The molecule has 0 N–H and O–H groups in total. The number of aryl methyl sites for hydroxylation is 10. The van der Waals surface area contributed by atoms with E-state index >= 15 is 0 Å². The zero-order valence-corrected chi connectivity index (χ0v) is 51.1. The maximum atomic E-state index is 10.1. The van der Waals surface area contributed by atoms with Crippen LogP contribution in [0, 0.1) is 87.1 Å². The predicted molar refractivity (Wildman–Crippen MR) is 366 cm³/mol. The van der Waals surface area contributed by atoms with E-state index in [1.807, 2.05) is 52.0 Å². The Bertz CT molecular complexity index is 4530. The highest BCUT2D eigenvalue weighted by Crippen LogP contribution is 2.53. The van der Waals surface area contributed by atoms with E-state index in [1.54, 1.807) is 0 Å². The fourth-order valence-electron chi connectivity index (χ4n) is 15.0. The molecule has 0 bridgehead atoms. The number of anilines is 12. The molecule has 0 atom stereocenters. The Morgan fingerprint density at radius 2 is 0.693 bits per heavy atom. The van der Waals surface area contributed by atoms with Crippen LogP contribution in [0.3, 0.4) is 0 Å². The summed E-state index contributed by atoms with van der Waals surface area (Å²) < 4.78 is 14.6. The van der Waals surface area contributed by atoms with Crippen LogP contribution in [0.4, 0.5) is 73.9 Å². The number of ether oxygens (including phenoxy) is 2. The van der Waals surface area contributed by atoms with Gasteiger partial charge in [-0.15, -0.1) is 0 Å². The van der Waals surface area contributed by atoms with E-state index in [0.717, 1.165) is 113 Å². The van der Waals surface area contributed by atoms with Crippen molar-refractivity contribution in [2.24, 2.45) is 0 Å². The van der Waals surface area contributed by atoms with Gasteiger partial charge >= 0.3 is 0 Å². The molecule has 422 valence electrons. The van der Waals surface area contributed by atoms with Crippen molar-refractivity contribution in [3.63, 3.8) is 0 Å². The monoisotopic (exact) mass is 1140 g/mol. The third-order valence-corrected chi connectivity index (χ3v) is 18.7. The second kappa shape index (κ2) is 20.5. The van der Waals surface area contributed by atoms with Gasteiger partial charge in [-0.05, 0) is 212 Å². The lowest BCUT2D eigenvalue weighted by molar-refractivity contribution is 0.475. The number of nitrogens with zero attached hydrogens (tertiary/aromatic N) is 6. The number of fused-ring (bicyclic) bond motifs is 8. The molecule has 8 nitrogen and oxygen atoms in total. The van der Waals surface area contributed by atoms with Crippen molar-refractivity contribution in [2.45, 2.75) is 69.2 Å². The van der Waals surface area contributed by atoms with Gasteiger partial charge < -0.3 is 29.1 Å². The van der Waals surface area contributed by atoms with Crippen LogP contribution in [-0.2, 0) is 0 Å². The minimum Gasteiger partial charge on any atom is -0.457 e. The smallest absolute Gasteiger partial charge is 0.252 e. The molecule has 0 amide bonds. The lowest BCUT2D eigenvalue weighted by atomic mass is 9.30. The third kappa shape index (κ3) is 8.20. The van der Waals surface area contributed by atoms with Crippen LogP contribution in [0.1, 0.15) is 61.2 Å². The zero-order chi connectivity index (χ0) is 60.5. The third-order valence-electron chi connectivity index (χ3n) is 18.7. The van der Waals surface area contributed by atoms with Crippen LogP contribution in [0.25, 0.3) is 4.85 Å². The Balaban J connectivity index is 1.07. The van der Waals surface area contributed by atoms with Crippen LogP contribution < -0.4 is 61.9 Å². The summed E-state index contributed by atoms with van der Waals surface area (Å²) in [4.78, 5) is 13.8. The van der Waals surface area contributed by atoms with Gasteiger partial charge in [0, 0.05) is 81.1 Å². The molecule has 4 aliphatic rings. The van der Waals surface area contributed by atoms with E-state index in [-0.39, 0.29) is 13.4 Å². The maximum Gasteiger partial charge on any atom is 0.252 e. The first kappa shape index (κ1) is 54.0. The Morgan fingerprint density at radius 1 is 0.341 bits per heavy atom. The van der Waals surface area contributed by atoms with Crippen molar-refractivity contribution in [3.05, 3.63) is 267 Å². The molecule has 4 aliphatic heterocycles. The Kier molecular flexibility index (Phi) is 12.6. The van der Waals surface area contributed by atoms with E-state index in [2.05, 4.69) is 242 Å². The first-order chi connectivity index (χ1) is 42.7. The summed E-state index contributed by atoms with van der Waals surface area (Å²) in [6, 6.07) is 72.9. The van der Waals surface area contributed by atoms with Crippen molar-refractivity contribution < 1.29 is 9.47 Å². The van der Waals surface area contributed by atoms with Crippen molar-refractivity contribution in [3.8, 4) is 29.1 Å². The molecular weight excluding hydrogens is 1070 g/mol. The van der Waals surface area contributed by atoms with Gasteiger partial charge in [-0.2, -0.15) is 5.26 Å². The molecule has 11 aromatic carbocycles. The van der Waals surface area contributed by atoms with Crippen LogP contribution >= 0.6 is 0 Å². The summed E-state index contributed by atoms with van der Waals surface area (Å²) in [6.45, 7) is 28.9. The lowest BCUT2D eigenvalue weighted by Gasteiger charge is -2.48. The Morgan fingerprint density at radius 3 is 1.08 bits per heavy atom. The number of nitriles is 1. The van der Waals surface area contributed by atoms with Gasteiger partial charge in [0.2, 0.25) is 0 Å². The number of benzene rings is 11. The summed E-state index contributed by atoms with van der Waals surface area (Å²) in [5.74, 6) is 2.86. The summed E-state index contributed by atoms with van der Waals surface area (Å²) in [5.41, 5.74) is 31.8. The average molecular weight is 1140 g/mol. The number of para-hydroxylation sites is 6. The average Bonchev–Trinajstić information content (AvgIpc) is 0.694. The van der Waals surface area contributed by atoms with Gasteiger partial charge in [-0.25, -0.2) is 4.85 Å². The first-order valence-electron chi connectivity index (χ1n) is 30.2. The van der Waals surface area contributed by atoms with Crippen molar-refractivity contribution in [2.75, 3.05) is 19.6 Å². The molecule has 11 aromatic rings. The van der Waals surface area contributed by atoms with E-state index < -0.39 is 0 Å². The SMILES string of the molecule is [C-]#[N+]c1cc(C)c(Oc2cc3c4c(c2)N(c2c(C)cccc2C)c2ccccc2B4c2cc4c(cc2N3c2ccccc2C)N(c2ccccc2C)c2cc(Oc3c(C)cc(C#N)cc3C)cc3c2B4c2ccccc2N3c2c(C)cccc2C)c(C)c1. The zero-order valence-electron chi connectivity index (χ0n) is 51.1. The molecule has 15 rings (SSSR count). The van der Waals surface area contributed by atoms with E-state index in [9.17, 15) is 5.26 Å². The maximum absolute atomic E-state index is 10.1. The molecule has 0 spiro atoms. The summed E-state index contributed by atoms with van der Waals surface area (Å²) in [6.07, 6.45) is 0. The van der Waals surface area contributed by atoms with E-state index in [4.69, 9.17) is 16.0 Å². The molecule has 88 heavy (non-hydrogen) atoms. The fourth-order valence-corrected chi connectivity index (χ4v) is 15.0. The van der Waals surface area contributed by atoms with Crippen LogP contribution in [-0.4, -0.2) is 13.4 Å². The lowest BCUT2D eigenvalue weighted by Crippen LogP contribution is -2.65. The van der Waals surface area contributed by atoms with Gasteiger partial charge in [0.15, 0.2) is 5.69 Å². The second-order valence-electron chi connectivity index (χ2n) is 24.4. The second-order valence-corrected chi connectivity index (χ2v) is 24.4. The molecule has 0 aromatic heterocycles. The fraction of sp³-hybridized carbons (Fsp3) is 0.128. The van der Waals surface area contributed by atoms with Crippen molar-refractivity contribution in [1.82, 2.24) is 0 Å². The van der Waals surface area contributed by atoms with Crippen molar-refractivity contribution in [1.29, 1.82) is 5.26 Å². The van der Waals surface area contributed by atoms with Gasteiger partial charge in [0.1, 0.15) is 23.0 Å². The van der Waals surface area contributed by atoms with Gasteiger partial charge in [0.25, 0.3) is 13.4 Å². The van der Waals surface area contributed by atoms with Crippen LogP contribution in [0.5, 0.6) is 23.0 Å². The number of hydrogen-bond donors (Lipinski definition) is 0. The van der Waals surface area contributed by atoms with Gasteiger partial charge in [-0.1, -0.05) is 115 Å². The van der Waals surface area contributed by atoms with Gasteiger partial charge in [0.05, 0.1) is 29.6 Å². The molecule has 0 unspecified atom stereocenters. The van der Waals surface area contributed by atoms with Crippen LogP contribution in [0.15, 0.2) is 194 Å². The number of hydrogen-bond acceptors (Lipinski definition) is 7. The largest absolute Gasteiger partial charge is 0.457 e. The Labute approximate surface area is 516 Å². The molecule has 0 aliphatic carbocycles. The minimum absolute atomic E-state index is 0.217. The summed E-state index contributed by atoms with van der Waals surface area (Å²) >= 11 is 0. The van der Waals surface area contributed by atoms with Crippen LogP contribution in [0.2, 0.25) is 0 Å². The van der Waals surface area contributed by atoms with Crippen molar-refractivity contribution >= 4 is 120 Å². The van der Waals surface area contributed by atoms with E-state index in [0.29, 0.717) is 22.7 Å². The molecule has 10 heteroatoms. The molecule has 0 saturated carbocycles. The topological polar surface area (TPSA) is 59.6 Å². The molecule has 0 saturated heterocycles. The molecule has 0 radical (unpaired) electrons. The highest BCUT2D eigenvalue weighted by molar-refractivity contribution is 7.03. The summed E-state index contributed by atoms with van der Waals surface area (Å²) in [7, 11) is 0. The highest BCUT2D eigenvalue weighted by atomic mass is 16.5. The first-order valence-corrected chi connectivity index (χ1v) is 30.2. The van der Waals surface area contributed by atoms with E-state index in [1.165, 1.54) is 55.0 Å². The quantitative estimate of drug-likeness (QED) is 0.111. The molecule has 0 fully saturated rings. The Hall–Kier alpha value is -10.7. The summed E-state index contributed by atoms with van der Waals surface area (Å²) in [5, 5.41) is 10.1. The highest BCUT2D eigenvalue weighted by Gasteiger charge is 2.49. The number of rotatable bonds is 8. The minimum atomic E-state index is -0.219. The normalized spacial score (nSPS) is 13.0. The molecular formula is C78H62B2N6O2. The molecule has 4 heterocycles. The van der Waals surface area contributed by atoms with Gasteiger partial charge in [-0.3, -0.25) is 0 Å². The standard InChI is InChI=1S/C78H62B2N6O2/c1-45-22-12-16-30-63(45)83-67-43-68-62(42-61(67)79-59-28-14-18-32-65(59)85(75-47(3)24-20-25-48(75)4)71-40-57(38-69(83)73(71)79)87-77-51(7)34-55(44-81)35-52(77)8)80-60-29-15-19-33-66(60)86(76-49(5)26-21-27-50(76)6)72-41-58(88-78-53(9)36-56(82-11)37-54(78)10)39-70(74(72)80)84(68)64-31-17-13-23-46(64)2/h12-43H,1-10H3.